The highest BCUT2D eigenvalue weighted by atomic mass is 16.5. The number of carbonyl (C=O) groups excluding carboxylic acids is 1. The van der Waals surface area contributed by atoms with Gasteiger partial charge in [-0.2, -0.15) is 0 Å². The molecule has 3 atom stereocenters. The quantitative estimate of drug-likeness (QED) is 0.736. The van der Waals surface area contributed by atoms with Gasteiger partial charge in [0.15, 0.2) is 0 Å². The van der Waals surface area contributed by atoms with Crippen molar-refractivity contribution in [3.63, 3.8) is 0 Å². The summed E-state index contributed by atoms with van der Waals surface area (Å²) in [6, 6.07) is 0.486. The second kappa shape index (κ2) is 5.77. The lowest BCUT2D eigenvalue weighted by atomic mass is 9.96. The summed E-state index contributed by atoms with van der Waals surface area (Å²) in [6.45, 7) is 8.88. The van der Waals surface area contributed by atoms with Gasteiger partial charge < -0.3 is 15.8 Å². The fraction of sp³-hybridized carbons (Fsp3) is 0.929. The van der Waals surface area contributed by atoms with Crippen molar-refractivity contribution in [3.8, 4) is 0 Å². The number of carbonyl (C=O) groups is 1. The molecule has 110 valence electrons. The Morgan fingerprint density at radius 3 is 2.42 bits per heavy atom. The van der Waals surface area contributed by atoms with Crippen LogP contribution < -0.4 is 11.1 Å². The van der Waals surface area contributed by atoms with E-state index in [1.165, 1.54) is 0 Å². The molecule has 1 saturated carbocycles. The molecule has 1 unspecified atom stereocenters. The Bertz CT molecular complexity index is 323. The van der Waals surface area contributed by atoms with Gasteiger partial charge in [-0.1, -0.05) is 0 Å². The number of rotatable bonds is 6. The maximum Gasteiger partial charge on any atom is 0.237 e. The fourth-order valence-corrected chi connectivity index (χ4v) is 2.79. The van der Waals surface area contributed by atoms with Gasteiger partial charge in [0.05, 0.1) is 17.7 Å². The van der Waals surface area contributed by atoms with Gasteiger partial charge in [0.1, 0.15) is 0 Å². The molecule has 1 amide bonds. The van der Waals surface area contributed by atoms with Gasteiger partial charge in [-0.05, 0) is 40.0 Å². The lowest BCUT2D eigenvalue weighted by Crippen LogP contribution is -2.56. The predicted octanol–water partition coefficient (Wildman–Crippen LogP) is 0.482. The molecule has 19 heavy (non-hydrogen) atoms. The number of morpholine rings is 1. The van der Waals surface area contributed by atoms with Crippen molar-refractivity contribution in [2.45, 2.75) is 63.8 Å². The van der Waals surface area contributed by atoms with Gasteiger partial charge in [-0.25, -0.2) is 0 Å². The minimum absolute atomic E-state index is 0.242. The van der Waals surface area contributed by atoms with Crippen LogP contribution in [0.4, 0.5) is 0 Å². The molecule has 0 bridgehead atoms. The van der Waals surface area contributed by atoms with Crippen molar-refractivity contribution in [1.29, 1.82) is 0 Å². The highest BCUT2D eigenvalue weighted by Crippen LogP contribution is 2.24. The minimum Gasteiger partial charge on any atom is -0.373 e. The van der Waals surface area contributed by atoms with Gasteiger partial charge >= 0.3 is 0 Å². The van der Waals surface area contributed by atoms with Crippen molar-refractivity contribution in [2.75, 3.05) is 19.6 Å². The molecule has 5 heteroatoms. The van der Waals surface area contributed by atoms with Crippen LogP contribution in [-0.2, 0) is 9.53 Å². The maximum absolute atomic E-state index is 11.7. The summed E-state index contributed by atoms with van der Waals surface area (Å²) in [5, 5.41) is 3.40. The van der Waals surface area contributed by atoms with Crippen LogP contribution in [0.3, 0.4) is 0 Å². The van der Waals surface area contributed by atoms with Crippen molar-refractivity contribution in [2.24, 2.45) is 5.73 Å². The van der Waals surface area contributed by atoms with E-state index in [1.807, 2.05) is 6.92 Å². The molecule has 1 aliphatic heterocycles. The molecule has 0 spiro atoms. The summed E-state index contributed by atoms with van der Waals surface area (Å²) in [6.07, 6.45) is 3.61. The summed E-state index contributed by atoms with van der Waals surface area (Å²) in [5.74, 6) is -0.242. The number of primary amides is 1. The van der Waals surface area contributed by atoms with Crippen molar-refractivity contribution in [1.82, 2.24) is 10.2 Å². The van der Waals surface area contributed by atoms with Crippen LogP contribution in [0, 0.1) is 0 Å². The number of nitrogens with two attached hydrogens (primary N) is 1. The van der Waals surface area contributed by atoms with Gasteiger partial charge in [-0.15, -0.1) is 0 Å². The van der Waals surface area contributed by atoms with Gasteiger partial charge in [-0.3, -0.25) is 9.69 Å². The number of ether oxygens (including phenoxy) is 1. The Labute approximate surface area is 115 Å². The van der Waals surface area contributed by atoms with Crippen LogP contribution in [-0.4, -0.2) is 54.2 Å². The Morgan fingerprint density at radius 1 is 1.37 bits per heavy atom. The lowest BCUT2D eigenvalue weighted by molar-refractivity contribution is -0.124. The molecule has 0 aromatic heterocycles. The zero-order valence-corrected chi connectivity index (χ0v) is 12.3. The summed E-state index contributed by atoms with van der Waals surface area (Å²) in [4.78, 5) is 14.1. The van der Waals surface area contributed by atoms with E-state index in [2.05, 4.69) is 24.1 Å². The monoisotopic (exact) mass is 269 g/mol. The van der Waals surface area contributed by atoms with Crippen LogP contribution in [0.5, 0.6) is 0 Å². The van der Waals surface area contributed by atoms with Crippen LogP contribution in [0.25, 0.3) is 0 Å². The lowest BCUT2D eigenvalue weighted by Gasteiger charge is -2.37. The molecule has 2 rings (SSSR count). The number of nitrogens with one attached hydrogen (secondary N) is 1. The first-order valence-electron chi connectivity index (χ1n) is 7.34. The zero-order chi connectivity index (χ0) is 14.0. The molecular formula is C14H27N3O2. The summed E-state index contributed by atoms with van der Waals surface area (Å²) in [7, 11) is 0. The Morgan fingerprint density at radius 2 is 1.95 bits per heavy atom. The Kier molecular flexibility index (Phi) is 4.48. The molecule has 1 saturated heterocycles. The summed E-state index contributed by atoms with van der Waals surface area (Å²) < 4.78 is 5.72. The Balaban J connectivity index is 1.85. The van der Waals surface area contributed by atoms with E-state index in [1.54, 1.807) is 0 Å². The van der Waals surface area contributed by atoms with Crippen LogP contribution in [0.1, 0.15) is 40.0 Å². The smallest absolute Gasteiger partial charge is 0.237 e. The van der Waals surface area contributed by atoms with Crippen molar-refractivity contribution in [3.05, 3.63) is 0 Å². The van der Waals surface area contributed by atoms with E-state index in [9.17, 15) is 4.79 Å². The normalized spacial score (nSPS) is 31.9. The second-order valence-corrected chi connectivity index (χ2v) is 6.38. The van der Waals surface area contributed by atoms with E-state index in [0.29, 0.717) is 6.04 Å². The first-order chi connectivity index (χ1) is 8.89. The third-order valence-electron chi connectivity index (χ3n) is 4.07. The molecular weight excluding hydrogens is 242 g/mol. The van der Waals surface area contributed by atoms with E-state index in [-0.39, 0.29) is 18.1 Å². The third kappa shape index (κ3) is 4.16. The van der Waals surface area contributed by atoms with E-state index in [4.69, 9.17) is 10.5 Å². The molecule has 3 N–H and O–H groups in total. The number of hydrogen-bond acceptors (Lipinski definition) is 4. The summed E-state index contributed by atoms with van der Waals surface area (Å²) >= 11 is 0. The zero-order valence-electron chi connectivity index (χ0n) is 12.3. The fourth-order valence-electron chi connectivity index (χ4n) is 2.79. The van der Waals surface area contributed by atoms with Gasteiger partial charge in [0.25, 0.3) is 0 Å². The van der Waals surface area contributed by atoms with Crippen LogP contribution >= 0.6 is 0 Å². The first kappa shape index (κ1) is 14.8. The molecule has 1 aliphatic carbocycles. The largest absolute Gasteiger partial charge is 0.373 e. The average molecular weight is 269 g/mol. The average Bonchev–Trinajstić information content (AvgIpc) is 3.09. The highest BCUT2D eigenvalue weighted by molar-refractivity contribution is 5.84. The third-order valence-corrected chi connectivity index (χ3v) is 4.07. The minimum atomic E-state index is -0.577. The highest BCUT2D eigenvalue weighted by Gasteiger charge is 2.37. The maximum atomic E-state index is 11.7. The molecule has 0 radical (unpaired) electrons. The first-order valence-corrected chi connectivity index (χ1v) is 7.34. The summed E-state index contributed by atoms with van der Waals surface area (Å²) in [5.41, 5.74) is 5.00. The van der Waals surface area contributed by atoms with Crippen molar-refractivity contribution < 1.29 is 9.53 Å². The number of amides is 1. The van der Waals surface area contributed by atoms with E-state index in [0.717, 1.165) is 38.9 Å². The topological polar surface area (TPSA) is 67.6 Å². The Hall–Kier alpha value is -0.650. The van der Waals surface area contributed by atoms with E-state index >= 15 is 0 Å². The van der Waals surface area contributed by atoms with Gasteiger partial charge in [0, 0.05) is 25.7 Å². The standard InChI is InChI=1S/C14H27N3O2/c1-10-8-17(9-11(2)19-10)7-6-14(3,13(15)18)16-12-4-5-12/h10-12,16H,4-9H2,1-3H3,(H2,15,18)/t10-,11+,14?. The number of hydrogen-bond donors (Lipinski definition) is 2. The molecule has 0 aromatic carbocycles. The predicted molar refractivity (Wildman–Crippen MR) is 74.8 cm³/mol. The molecule has 2 aliphatic rings. The van der Waals surface area contributed by atoms with Crippen molar-refractivity contribution >= 4 is 5.91 Å². The number of nitrogens with zero attached hydrogens (tertiary/aromatic N) is 1. The van der Waals surface area contributed by atoms with Gasteiger partial charge in [0.2, 0.25) is 5.91 Å². The molecule has 5 nitrogen and oxygen atoms in total. The second-order valence-electron chi connectivity index (χ2n) is 6.38. The molecule has 2 fully saturated rings. The SMILES string of the molecule is C[C@@H]1CN(CCC(C)(NC2CC2)C(N)=O)C[C@H](C)O1. The molecule has 0 aromatic rings. The van der Waals surface area contributed by atoms with E-state index < -0.39 is 5.54 Å². The van der Waals surface area contributed by atoms with Crippen LogP contribution in [0.2, 0.25) is 0 Å². The van der Waals surface area contributed by atoms with Crippen LogP contribution in [0.15, 0.2) is 0 Å². The molecule has 1 heterocycles.